The number of nitrogen functional groups attached to an aromatic ring is 2. The molecule has 5 rings (SSSR count). The molecule has 0 aliphatic carbocycles. The quantitative estimate of drug-likeness (QED) is 0.107. The summed E-state index contributed by atoms with van der Waals surface area (Å²) in [5, 5.41) is 21.5. The van der Waals surface area contributed by atoms with E-state index in [0.29, 0.717) is 16.8 Å². The molecular formula is C24H25F4N9O3. The fourth-order valence-corrected chi connectivity index (χ4v) is 3.29. The van der Waals surface area contributed by atoms with Gasteiger partial charge in [0.15, 0.2) is 34.8 Å². The van der Waals surface area contributed by atoms with Crippen molar-refractivity contribution in [2.75, 3.05) is 32.8 Å². The van der Waals surface area contributed by atoms with Gasteiger partial charge < -0.3 is 25.7 Å². The average Bonchev–Trinajstić information content (AvgIpc) is 3.55. The molecule has 0 atom stereocenters. The number of hydrogen-bond donors (Lipinski definition) is 6. The number of halogens is 4. The van der Waals surface area contributed by atoms with Gasteiger partial charge in [-0.15, -0.1) is 0 Å². The van der Waals surface area contributed by atoms with Crippen LogP contribution in [-0.4, -0.2) is 41.7 Å². The number of ether oxygens (including phenoxy) is 3. The van der Waals surface area contributed by atoms with Gasteiger partial charge in [0.1, 0.15) is 34.5 Å². The summed E-state index contributed by atoms with van der Waals surface area (Å²) in [6.45, 7) is 0. The number of anilines is 2. The molecule has 0 saturated heterocycles. The maximum atomic E-state index is 13.5. The molecule has 0 saturated carbocycles. The summed E-state index contributed by atoms with van der Waals surface area (Å²) in [6.07, 6.45) is 0. The first kappa shape index (κ1) is 31.0. The topological polar surface area (TPSA) is 213 Å². The van der Waals surface area contributed by atoms with Crippen LogP contribution in [0, 0.1) is 34.6 Å². The Kier molecular flexibility index (Phi) is 10.9. The highest BCUT2D eigenvalue weighted by Crippen LogP contribution is 2.29. The largest absolute Gasteiger partial charge is 0.494 e. The lowest BCUT2D eigenvalue weighted by Crippen LogP contribution is -2.02. The standard InChI is InChI=1S/C8H5F2NO.2C8H8FN3O.H4N2/c1-12-7-3-2-6(9)5(4-11)8(7)10;1-13-5-3-2-4-6(7(5)9)8(10)12-11-4;1-13-5-3-2-4(9)6-7(5)11-12-8(6)10;1-2/h2-3H,1H3;2*2-3H,1H3,(H3,10,11,12);1-2H2. The molecular weight excluding hydrogens is 538 g/mol. The Balaban J connectivity index is 0.000000204. The predicted molar refractivity (Wildman–Crippen MR) is 140 cm³/mol. The molecule has 3 aromatic carbocycles. The van der Waals surface area contributed by atoms with Crippen molar-refractivity contribution in [2.45, 2.75) is 0 Å². The summed E-state index contributed by atoms with van der Waals surface area (Å²) in [5.74, 6) is 6.14. The molecule has 2 heterocycles. The monoisotopic (exact) mass is 563 g/mol. The number of fused-ring (bicyclic) bond motifs is 2. The van der Waals surface area contributed by atoms with E-state index in [2.05, 4.69) is 36.8 Å². The highest BCUT2D eigenvalue weighted by atomic mass is 19.1. The van der Waals surface area contributed by atoms with Crippen LogP contribution < -0.4 is 37.4 Å². The number of H-pyrrole nitrogens is 2. The summed E-state index contributed by atoms with van der Waals surface area (Å²) < 4.78 is 66.7. The van der Waals surface area contributed by atoms with Crippen molar-refractivity contribution >= 4 is 33.4 Å². The normalized spacial score (nSPS) is 9.80. The molecule has 0 aliphatic rings. The Morgan fingerprint density at radius 1 is 0.700 bits per heavy atom. The van der Waals surface area contributed by atoms with Crippen molar-refractivity contribution in [2.24, 2.45) is 11.7 Å². The molecule has 0 bridgehead atoms. The molecule has 0 amide bonds. The van der Waals surface area contributed by atoms with Gasteiger partial charge in [0.05, 0.1) is 37.6 Å². The van der Waals surface area contributed by atoms with Crippen LogP contribution in [-0.2, 0) is 0 Å². The van der Waals surface area contributed by atoms with Crippen molar-refractivity contribution in [3.63, 3.8) is 0 Å². The number of hydrogen-bond acceptors (Lipinski definition) is 10. The molecule has 2 aromatic heterocycles. The van der Waals surface area contributed by atoms with Gasteiger partial charge in [0, 0.05) is 0 Å². The molecule has 0 spiro atoms. The number of hydrazine groups is 1. The van der Waals surface area contributed by atoms with Crippen LogP contribution >= 0.6 is 0 Å². The SMILES string of the molecule is COc1ccc(F)c(C#N)c1F.COc1ccc(F)c2c(N)n[nH]c12.COc1ccc2[nH]nc(N)c2c1F.NN. The van der Waals surface area contributed by atoms with Crippen molar-refractivity contribution < 1.29 is 31.8 Å². The van der Waals surface area contributed by atoms with Crippen molar-refractivity contribution in [3.05, 3.63) is 65.2 Å². The van der Waals surface area contributed by atoms with Gasteiger partial charge in [0.25, 0.3) is 0 Å². The molecule has 40 heavy (non-hydrogen) atoms. The molecule has 10 N–H and O–H groups in total. The molecule has 5 aromatic rings. The summed E-state index contributed by atoms with van der Waals surface area (Å²) in [4.78, 5) is 0. The Labute approximate surface area is 224 Å². The van der Waals surface area contributed by atoms with Gasteiger partial charge in [-0.3, -0.25) is 21.9 Å². The Morgan fingerprint density at radius 3 is 1.80 bits per heavy atom. The van der Waals surface area contributed by atoms with Gasteiger partial charge in [-0.1, -0.05) is 0 Å². The number of benzene rings is 3. The maximum absolute atomic E-state index is 13.5. The van der Waals surface area contributed by atoms with E-state index in [1.165, 1.54) is 45.6 Å². The van der Waals surface area contributed by atoms with Crippen molar-refractivity contribution in [1.29, 1.82) is 5.26 Å². The Hall–Kier alpha value is -5.27. The van der Waals surface area contributed by atoms with E-state index in [1.54, 1.807) is 6.07 Å². The van der Waals surface area contributed by atoms with Crippen molar-refractivity contribution in [3.8, 4) is 23.3 Å². The first-order valence-corrected chi connectivity index (χ1v) is 10.9. The highest BCUT2D eigenvalue weighted by Gasteiger charge is 2.14. The molecule has 0 aliphatic heterocycles. The summed E-state index contributed by atoms with van der Waals surface area (Å²) in [7, 11) is 4.15. The van der Waals surface area contributed by atoms with Crippen molar-refractivity contribution in [1.82, 2.24) is 20.4 Å². The first-order valence-electron chi connectivity index (χ1n) is 10.9. The minimum absolute atomic E-state index is 0.132. The first-order chi connectivity index (χ1) is 19.2. The van der Waals surface area contributed by atoms with Gasteiger partial charge in [-0.25, -0.2) is 17.6 Å². The smallest absolute Gasteiger partial charge is 0.185 e. The van der Waals surface area contributed by atoms with E-state index in [4.69, 9.17) is 26.2 Å². The third-order valence-corrected chi connectivity index (χ3v) is 5.15. The fraction of sp³-hybridized carbons (Fsp3) is 0.125. The van der Waals surface area contributed by atoms with E-state index in [0.717, 1.165) is 12.1 Å². The number of aromatic nitrogens is 4. The number of aromatic amines is 2. The summed E-state index contributed by atoms with van der Waals surface area (Å²) in [6, 6.07) is 9.54. The predicted octanol–water partition coefficient (Wildman–Crippen LogP) is 3.25. The second kappa shape index (κ2) is 14.0. The van der Waals surface area contributed by atoms with Gasteiger partial charge in [-0.05, 0) is 36.4 Å². The highest BCUT2D eigenvalue weighted by molar-refractivity contribution is 5.93. The van der Waals surface area contributed by atoms with Crippen LogP contribution in [0.2, 0.25) is 0 Å². The number of nitriles is 1. The van der Waals surface area contributed by atoms with Crippen LogP contribution in [0.4, 0.5) is 29.2 Å². The van der Waals surface area contributed by atoms with E-state index in [-0.39, 0.29) is 33.9 Å². The maximum Gasteiger partial charge on any atom is 0.185 e. The Morgan fingerprint density at radius 2 is 1.20 bits per heavy atom. The lowest BCUT2D eigenvalue weighted by Gasteiger charge is -2.02. The molecule has 0 unspecified atom stereocenters. The van der Waals surface area contributed by atoms with Crippen LogP contribution in [0.15, 0.2) is 36.4 Å². The number of nitrogens with two attached hydrogens (primary N) is 4. The number of rotatable bonds is 3. The minimum atomic E-state index is -0.958. The van der Waals surface area contributed by atoms with Crippen LogP contribution in [0.1, 0.15) is 5.56 Å². The second-order valence-corrected chi connectivity index (χ2v) is 7.27. The summed E-state index contributed by atoms with van der Waals surface area (Å²) >= 11 is 0. The zero-order valence-electron chi connectivity index (χ0n) is 21.4. The lowest BCUT2D eigenvalue weighted by atomic mass is 10.2. The average molecular weight is 564 g/mol. The van der Waals surface area contributed by atoms with Crippen LogP contribution in [0.5, 0.6) is 17.2 Å². The molecule has 16 heteroatoms. The number of nitrogens with one attached hydrogen (secondary N) is 2. The third kappa shape index (κ3) is 6.40. The molecule has 12 nitrogen and oxygen atoms in total. The molecule has 212 valence electrons. The number of methoxy groups -OCH3 is 3. The van der Waals surface area contributed by atoms with Gasteiger partial charge in [-0.2, -0.15) is 15.5 Å². The molecule has 0 fully saturated rings. The fourth-order valence-electron chi connectivity index (χ4n) is 3.29. The Bertz CT molecular complexity index is 1630. The van der Waals surface area contributed by atoms with Crippen LogP contribution in [0.25, 0.3) is 21.8 Å². The van der Waals surface area contributed by atoms with Gasteiger partial charge in [0.2, 0.25) is 0 Å². The zero-order valence-corrected chi connectivity index (χ0v) is 21.4. The zero-order chi connectivity index (χ0) is 30.0. The third-order valence-electron chi connectivity index (χ3n) is 5.15. The number of nitrogens with zero attached hydrogens (tertiary/aromatic N) is 3. The minimum Gasteiger partial charge on any atom is -0.494 e. The van der Waals surface area contributed by atoms with Gasteiger partial charge >= 0.3 is 0 Å². The van der Waals surface area contributed by atoms with E-state index < -0.39 is 28.8 Å². The van der Waals surface area contributed by atoms with E-state index in [1.807, 2.05) is 0 Å². The van der Waals surface area contributed by atoms with Crippen LogP contribution in [0.3, 0.4) is 0 Å². The lowest BCUT2D eigenvalue weighted by molar-refractivity contribution is 0.383. The summed E-state index contributed by atoms with van der Waals surface area (Å²) in [5.41, 5.74) is 11.4. The second-order valence-electron chi connectivity index (χ2n) is 7.27. The van der Waals surface area contributed by atoms with E-state index >= 15 is 0 Å². The molecule has 0 radical (unpaired) electrons. The van der Waals surface area contributed by atoms with E-state index in [9.17, 15) is 17.6 Å².